The van der Waals surface area contributed by atoms with Gasteiger partial charge in [-0.2, -0.15) is 5.10 Å². The van der Waals surface area contributed by atoms with Crippen LogP contribution in [0.15, 0.2) is 32.2 Å². The molecule has 1 aromatic carbocycles. The van der Waals surface area contributed by atoms with E-state index in [0.29, 0.717) is 8.95 Å². The molecule has 0 atom stereocenters. The van der Waals surface area contributed by atoms with Crippen molar-refractivity contribution in [2.45, 2.75) is 18.4 Å². The van der Waals surface area contributed by atoms with E-state index in [1.807, 2.05) is 6.92 Å². The molecule has 21 heavy (non-hydrogen) atoms. The number of benzene rings is 1. The third kappa shape index (κ3) is 3.47. The molecule has 1 heterocycles. The molecular formula is C12H14Br2N4O2S. The molecule has 3 N–H and O–H groups in total. The van der Waals surface area contributed by atoms with Crippen molar-refractivity contribution in [1.29, 1.82) is 0 Å². The standard InChI is InChI=1S/C12H14Br2N4O2S/c1-7-8(5-16-18(7)2)6-17-21(19,20)12-10(14)3-9(13)4-11(12)15/h3-5,17H,6,15H2,1-2H3. The highest BCUT2D eigenvalue weighted by Crippen LogP contribution is 2.31. The van der Waals surface area contributed by atoms with Gasteiger partial charge in [0.2, 0.25) is 10.0 Å². The smallest absolute Gasteiger partial charge is 0.244 e. The molecule has 6 nitrogen and oxygen atoms in total. The van der Waals surface area contributed by atoms with Gasteiger partial charge in [-0.15, -0.1) is 0 Å². The molecule has 0 fully saturated rings. The highest BCUT2D eigenvalue weighted by Gasteiger charge is 2.22. The van der Waals surface area contributed by atoms with Gasteiger partial charge in [-0.1, -0.05) is 15.9 Å². The Morgan fingerprint density at radius 2 is 2.05 bits per heavy atom. The molecule has 2 aromatic rings. The molecule has 0 aliphatic heterocycles. The predicted octanol–water partition coefficient (Wildman–Crippen LogP) is 2.31. The number of nitrogen functional groups attached to an aromatic ring is 1. The van der Waals surface area contributed by atoms with Crippen molar-refractivity contribution < 1.29 is 8.42 Å². The fourth-order valence-corrected chi connectivity index (χ4v) is 4.90. The van der Waals surface area contributed by atoms with E-state index in [4.69, 9.17) is 5.73 Å². The number of nitrogens with one attached hydrogen (secondary N) is 1. The average Bonchev–Trinajstić information content (AvgIpc) is 2.66. The second-order valence-electron chi connectivity index (χ2n) is 4.51. The van der Waals surface area contributed by atoms with Crippen LogP contribution in [0.1, 0.15) is 11.3 Å². The topological polar surface area (TPSA) is 90.0 Å². The van der Waals surface area contributed by atoms with Crippen molar-refractivity contribution >= 4 is 47.6 Å². The van der Waals surface area contributed by atoms with Gasteiger partial charge in [-0.3, -0.25) is 4.68 Å². The summed E-state index contributed by atoms with van der Waals surface area (Å²) in [7, 11) is -1.92. The Morgan fingerprint density at radius 1 is 1.38 bits per heavy atom. The van der Waals surface area contributed by atoms with Crippen LogP contribution < -0.4 is 10.5 Å². The minimum absolute atomic E-state index is 0.0345. The Balaban J connectivity index is 2.29. The number of sulfonamides is 1. The van der Waals surface area contributed by atoms with Gasteiger partial charge in [0.05, 0.1) is 11.9 Å². The lowest BCUT2D eigenvalue weighted by Gasteiger charge is -2.11. The third-order valence-electron chi connectivity index (χ3n) is 3.10. The monoisotopic (exact) mass is 436 g/mol. The first kappa shape index (κ1) is 16.5. The lowest BCUT2D eigenvalue weighted by Crippen LogP contribution is -2.24. The highest BCUT2D eigenvalue weighted by atomic mass is 79.9. The van der Waals surface area contributed by atoms with Crippen molar-refractivity contribution in [1.82, 2.24) is 14.5 Å². The molecule has 0 radical (unpaired) electrons. The SMILES string of the molecule is Cc1c(CNS(=O)(=O)c2c(N)cc(Br)cc2Br)cnn1C. The van der Waals surface area contributed by atoms with E-state index in [2.05, 4.69) is 41.7 Å². The lowest BCUT2D eigenvalue weighted by atomic mass is 10.3. The number of hydrogen-bond acceptors (Lipinski definition) is 4. The molecule has 114 valence electrons. The highest BCUT2D eigenvalue weighted by molar-refractivity contribution is 9.11. The van der Waals surface area contributed by atoms with Crippen molar-refractivity contribution in [3.63, 3.8) is 0 Å². The summed E-state index contributed by atoms with van der Waals surface area (Å²) < 4.78 is 30.2. The average molecular weight is 438 g/mol. The van der Waals surface area contributed by atoms with Gasteiger partial charge in [-0.05, 0) is 35.0 Å². The summed E-state index contributed by atoms with van der Waals surface area (Å²) in [5.41, 5.74) is 7.70. The number of aryl methyl sites for hydroxylation is 1. The van der Waals surface area contributed by atoms with Crippen molar-refractivity contribution in [2.75, 3.05) is 5.73 Å². The Bertz CT molecular complexity index is 764. The fourth-order valence-electron chi connectivity index (χ4n) is 1.83. The Hall–Kier alpha value is -0.900. The van der Waals surface area contributed by atoms with Crippen LogP contribution in [0, 0.1) is 6.92 Å². The maximum atomic E-state index is 12.4. The molecule has 1 aromatic heterocycles. The fraction of sp³-hybridized carbons (Fsp3) is 0.250. The molecule has 9 heteroatoms. The second kappa shape index (κ2) is 6.07. The van der Waals surface area contributed by atoms with Gasteiger partial charge in [0.15, 0.2) is 0 Å². The van der Waals surface area contributed by atoms with Crippen LogP contribution in [-0.2, 0) is 23.6 Å². The molecule has 0 unspecified atom stereocenters. The van der Waals surface area contributed by atoms with Crippen LogP contribution in [0.2, 0.25) is 0 Å². The largest absolute Gasteiger partial charge is 0.398 e. The molecule has 2 rings (SSSR count). The van der Waals surface area contributed by atoms with Crippen LogP contribution in [0.25, 0.3) is 0 Å². The number of nitrogens with two attached hydrogens (primary N) is 1. The van der Waals surface area contributed by atoms with E-state index >= 15 is 0 Å². The molecular weight excluding hydrogens is 424 g/mol. The normalized spacial score (nSPS) is 11.8. The minimum atomic E-state index is -3.72. The van der Waals surface area contributed by atoms with E-state index < -0.39 is 10.0 Å². The molecule has 0 bridgehead atoms. The van der Waals surface area contributed by atoms with Gasteiger partial charge < -0.3 is 5.73 Å². The van der Waals surface area contributed by atoms with Crippen LogP contribution in [0.4, 0.5) is 5.69 Å². The van der Waals surface area contributed by atoms with Crippen molar-refractivity contribution in [2.24, 2.45) is 7.05 Å². The number of rotatable bonds is 4. The maximum absolute atomic E-state index is 12.4. The summed E-state index contributed by atoms with van der Waals surface area (Å²) in [6, 6.07) is 3.19. The summed E-state index contributed by atoms with van der Waals surface area (Å²) in [5, 5.41) is 4.08. The van der Waals surface area contributed by atoms with Crippen LogP contribution in [-0.4, -0.2) is 18.2 Å². The number of nitrogens with zero attached hydrogens (tertiary/aromatic N) is 2. The molecule has 0 saturated heterocycles. The number of halogens is 2. The summed E-state index contributed by atoms with van der Waals surface area (Å²) in [4.78, 5) is 0.0345. The zero-order chi connectivity index (χ0) is 15.8. The maximum Gasteiger partial charge on any atom is 0.244 e. The molecule has 0 amide bonds. The van der Waals surface area contributed by atoms with Crippen molar-refractivity contribution in [3.05, 3.63) is 38.5 Å². The predicted molar refractivity (Wildman–Crippen MR) is 88.2 cm³/mol. The second-order valence-corrected chi connectivity index (χ2v) is 7.98. The van der Waals surface area contributed by atoms with Crippen LogP contribution in [0.3, 0.4) is 0 Å². The summed E-state index contributed by atoms with van der Waals surface area (Å²) in [6.45, 7) is 2.03. The molecule has 0 aliphatic rings. The Labute approximate surface area is 140 Å². The van der Waals surface area contributed by atoms with Gasteiger partial charge in [0.1, 0.15) is 4.90 Å². The van der Waals surface area contributed by atoms with E-state index in [9.17, 15) is 8.42 Å². The van der Waals surface area contributed by atoms with E-state index in [1.54, 1.807) is 30.1 Å². The molecule has 0 saturated carbocycles. The van der Waals surface area contributed by atoms with E-state index in [-0.39, 0.29) is 17.1 Å². The van der Waals surface area contributed by atoms with E-state index in [0.717, 1.165) is 11.3 Å². The zero-order valence-corrected chi connectivity index (χ0v) is 15.4. The van der Waals surface area contributed by atoms with Gasteiger partial charge in [-0.25, -0.2) is 13.1 Å². The Morgan fingerprint density at radius 3 is 2.57 bits per heavy atom. The van der Waals surface area contributed by atoms with Crippen LogP contribution in [0.5, 0.6) is 0 Å². The number of hydrogen-bond donors (Lipinski definition) is 2. The minimum Gasteiger partial charge on any atom is -0.398 e. The zero-order valence-electron chi connectivity index (χ0n) is 11.4. The van der Waals surface area contributed by atoms with Gasteiger partial charge >= 0.3 is 0 Å². The first-order valence-corrected chi connectivity index (χ1v) is 9.01. The van der Waals surface area contributed by atoms with Gasteiger partial charge in [0.25, 0.3) is 0 Å². The van der Waals surface area contributed by atoms with Crippen LogP contribution >= 0.6 is 31.9 Å². The molecule has 0 spiro atoms. The summed E-state index contributed by atoms with van der Waals surface area (Å²) in [6.07, 6.45) is 1.64. The van der Waals surface area contributed by atoms with E-state index in [1.165, 1.54) is 0 Å². The third-order valence-corrected chi connectivity index (χ3v) is 5.96. The van der Waals surface area contributed by atoms with Crippen molar-refractivity contribution in [3.8, 4) is 0 Å². The quantitative estimate of drug-likeness (QED) is 0.718. The number of aromatic nitrogens is 2. The first-order chi connectivity index (χ1) is 9.72. The molecule has 0 aliphatic carbocycles. The summed E-state index contributed by atoms with van der Waals surface area (Å²) >= 11 is 6.50. The van der Waals surface area contributed by atoms with Gasteiger partial charge in [0, 0.05) is 33.8 Å². The first-order valence-electron chi connectivity index (χ1n) is 5.94. The lowest BCUT2D eigenvalue weighted by molar-refractivity contribution is 0.581. The summed E-state index contributed by atoms with van der Waals surface area (Å²) in [5.74, 6) is 0. The Kier molecular flexibility index (Phi) is 4.76. The number of anilines is 1.